The largest absolute Gasteiger partial charge is 0.352 e. The summed E-state index contributed by atoms with van der Waals surface area (Å²) in [6.45, 7) is 0.0780. The molecule has 1 aliphatic rings. The van der Waals surface area contributed by atoms with E-state index in [0.717, 1.165) is 0 Å². The molecule has 0 saturated heterocycles. The van der Waals surface area contributed by atoms with Crippen molar-refractivity contribution in [3.63, 3.8) is 0 Å². The van der Waals surface area contributed by atoms with Gasteiger partial charge in [0.05, 0.1) is 11.9 Å². The minimum atomic E-state index is -1.10. The Balaban J connectivity index is 1.64. The van der Waals surface area contributed by atoms with Crippen molar-refractivity contribution < 1.29 is 19.0 Å². The molecule has 3 aromatic heterocycles. The Morgan fingerprint density at radius 3 is 2.93 bits per heavy atom. The lowest BCUT2D eigenvalue weighted by Crippen LogP contribution is -2.45. The summed E-state index contributed by atoms with van der Waals surface area (Å²) in [6, 6.07) is 6.84. The van der Waals surface area contributed by atoms with E-state index in [1.54, 1.807) is 54.2 Å². The van der Waals surface area contributed by atoms with Crippen molar-refractivity contribution in [2.75, 3.05) is 20.8 Å². The molecular weight excluding hydrogens is 364 g/mol. The highest BCUT2D eigenvalue weighted by molar-refractivity contribution is 5.98. The van der Waals surface area contributed by atoms with E-state index in [1.807, 2.05) is 0 Å². The third kappa shape index (κ3) is 2.89. The molecule has 0 fully saturated rings. The van der Waals surface area contributed by atoms with Crippen LogP contribution in [0.2, 0.25) is 0 Å². The molecule has 9 heteroatoms. The van der Waals surface area contributed by atoms with E-state index in [1.165, 1.54) is 18.6 Å². The van der Waals surface area contributed by atoms with Gasteiger partial charge in [0, 0.05) is 27.5 Å². The molecular formula is C19H20N4O5. The van der Waals surface area contributed by atoms with Crippen LogP contribution in [-0.4, -0.2) is 52.7 Å². The number of pyridine rings is 1. The number of aromatic nitrogens is 3. The third-order valence-electron chi connectivity index (χ3n) is 4.84. The second-order valence-corrected chi connectivity index (χ2v) is 6.45. The van der Waals surface area contributed by atoms with Crippen LogP contribution >= 0.6 is 0 Å². The molecule has 146 valence electrons. The van der Waals surface area contributed by atoms with Crippen molar-refractivity contribution in [3.05, 3.63) is 58.7 Å². The molecule has 0 radical (unpaired) electrons. The number of ether oxygens (including phenoxy) is 3. The molecule has 28 heavy (non-hydrogen) atoms. The van der Waals surface area contributed by atoms with Gasteiger partial charge in [0.25, 0.3) is 11.5 Å². The molecule has 0 aromatic carbocycles. The summed E-state index contributed by atoms with van der Waals surface area (Å²) < 4.78 is 19.2. The summed E-state index contributed by atoms with van der Waals surface area (Å²) in [5, 5.41) is 3.16. The fraction of sp³-hybridized carbons (Fsp3) is 0.316. The Labute approximate surface area is 160 Å². The van der Waals surface area contributed by atoms with E-state index >= 15 is 0 Å². The average molecular weight is 384 g/mol. The smallest absolute Gasteiger partial charge is 0.268 e. The highest BCUT2D eigenvalue weighted by Crippen LogP contribution is 2.24. The van der Waals surface area contributed by atoms with Crippen molar-refractivity contribution in [2.45, 2.75) is 12.1 Å². The highest BCUT2D eigenvalue weighted by Gasteiger charge is 2.36. The van der Waals surface area contributed by atoms with Crippen molar-refractivity contribution in [1.82, 2.24) is 19.3 Å². The van der Waals surface area contributed by atoms with Crippen LogP contribution in [0.3, 0.4) is 0 Å². The Hall–Kier alpha value is -3.01. The Morgan fingerprint density at radius 1 is 1.39 bits per heavy atom. The zero-order valence-electron chi connectivity index (χ0n) is 15.7. The van der Waals surface area contributed by atoms with Crippen molar-refractivity contribution >= 4 is 22.6 Å². The first kappa shape index (κ1) is 18.4. The van der Waals surface area contributed by atoms with E-state index in [2.05, 4.69) is 10.3 Å². The molecule has 0 saturated carbocycles. The summed E-state index contributed by atoms with van der Waals surface area (Å²) in [4.78, 5) is 30.0. The summed E-state index contributed by atoms with van der Waals surface area (Å²) in [7, 11) is 4.70. The van der Waals surface area contributed by atoms with E-state index in [0.29, 0.717) is 22.4 Å². The van der Waals surface area contributed by atoms with Gasteiger partial charge in [0.1, 0.15) is 17.0 Å². The van der Waals surface area contributed by atoms with Crippen LogP contribution in [0.15, 0.2) is 47.4 Å². The highest BCUT2D eigenvalue weighted by atomic mass is 16.8. The van der Waals surface area contributed by atoms with Gasteiger partial charge in [-0.25, -0.2) is 4.98 Å². The number of amides is 1. The van der Waals surface area contributed by atoms with Crippen LogP contribution in [0.25, 0.3) is 16.7 Å². The molecule has 0 unspecified atom stereocenters. The van der Waals surface area contributed by atoms with E-state index < -0.39 is 12.1 Å². The molecule has 2 atom stereocenters. The summed E-state index contributed by atoms with van der Waals surface area (Å²) in [5.41, 5.74) is 1.04. The van der Waals surface area contributed by atoms with Crippen LogP contribution in [0.5, 0.6) is 0 Å². The van der Waals surface area contributed by atoms with Crippen LogP contribution in [0.4, 0.5) is 0 Å². The first-order chi connectivity index (χ1) is 13.5. The Morgan fingerprint density at radius 2 is 2.21 bits per heavy atom. The Kier molecular flexibility index (Phi) is 4.50. The van der Waals surface area contributed by atoms with Gasteiger partial charge in [-0.05, 0) is 30.4 Å². The molecule has 4 rings (SSSR count). The zero-order chi connectivity index (χ0) is 19.9. The summed E-state index contributed by atoms with van der Waals surface area (Å²) in [6.07, 6.45) is 4.52. The van der Waals surface area contributed by atoms with Crippen molar-refractivity contribution in [2.24, 2.45) is 7.05 Å². The SMILES string of the molecule is CO[C@H]1C=C[C@@](CNC(=O)c2cc3c(=O)n4ccccc4nc3n2C)(OC)O1. The molecule has 1 aliphatic heterocycles. The quantitative estimate of drug-likeness (QED) is 0.655. The van der Waals surface area contributed by atoms with Gasteiger partial charge in [0.15, 0.2) is 6.29 Å². The van der Waals surface area contributed by atoms with Crippen molar-refractivity contribution in [3.8, 4) is 0 Å². The van der Waals surface area contributed by atoms with Gasteiger partial charge in [-0.2, -0.15) is 0 Å². The van der Waals surface area contributed by atoms with Crippen LogP contribution in [0, 0.1) is 0 Å². The maximum Gasteiger partial charge on any atom is 0.268 e. The van der Waals surface area contributed by atoms with Gasteiger partial charge in [-0.3, -0.25) is 14.0 Å². The topological polar surface area (TPSA) is 96.1 Å². The zero-order valence-corrected chi connectivity index (χ0v) is 15.7. The number of hydrogen-bond donors (Lipinski definition) is 1. The first-order valence-electron chi connectivity index (χ1n) is 8.68. The first-order valence-corrected chi connectivity index (χ1v) is 8.68. The van der Waals surface area contributed by atoms with E-state index in [4.69, 9.17) is 14.2 Å². The number of hydrogen-bond acceptors (Lipinski definition) is 6. The standard InChI is InChI=1S/C19H20N4O5/c1-22-13(17(24)20-11-19(27-3)8-7-15(26-2)28-19)10-12-16(22)21-14-6-4-5-9-23(14)18(12)25/h4-10,15H,11H2,1-3H3,(H,20,24)/t15-,19-/m1/s1. The van der Waals surface area contributed by atoms with Gasteiger partial charge in [-0.15, -0.1) is 0 Å². The molecule has 4 heterocycles. The van der Waals surface area contributed by atoms with Crippen LogP contribution in [-0.2, 0) is 21.3 Å². The maximum atomic E-state index is 12.8. The van der Waals surface area contributed by atoms with E-state index in [9.17, 15) is 9.59 Å². The lowest BCUT2D eigenvalue weighted by atomic mass is 10.2. The lowest BCUT2D eigenvalue weighted by Gasteiger charge is -2.27. The number of methoxy groups -OCH3 is 2. The second-order valence-electron chi connectivity index (χ2n) is 6.45. The molecule has 1 N–H and O–H groups in total. The van der Waals surface area contributed by atoms with Gasteiger partial charge >= 0.3 is 0 Å². The fourth-order valence-corrected chi connectivity index (χ4v) is 3.25. The second kappa shape index (κ2) is 6.86. The van der Waals surface area contributed by atoms with Gasteiger partial charge < -0.3 is 24.1 Å². The molecule has 0 spiro atoms. The lowest BCUT2D eigenvalue weighted by molar-refractivity contribution is -0.238. The minimum Gasteiger partial charge on any atom is -0.352 e. The molecule has 0 aliphatic carbocycles. The Bertz CT molecular complexity index is 1150. The molecule has 3 aromatic rings. The number of aryl methyl sites for hydroxylation is 1. The van der Waals surface area contributed by atoms with Gasteiger partial charge in [0.2, 0.25) is 5.79 Å². The van der Waals surface area contributed by atoms with E-state index in [-0.39, 0.29) is 18.0 Å². The van der Waals surface area contributed by atoms with Crippen molar-refractivity contribution in [1.29, 1.82) is 0 Å². The minimum absolute atomic E-state index is 0.0780. The normalized spacial score (nSPS) is 21.6. The maximum absolute atomic E-state index is 12.8. The van der Waals surface area contributed by atoms with Crippen LogP contribution in [0.1, 0.15) is 10.5 Å². The summed E-state index contributed by atoms with van der Waals surface area (Å²) in [5.74, 6) is -1.48. The number of carbonyl (C=O) groups is 1. The average Bonchev–Trinajstić information content (AvgIpc) is 3.29. The molecule has 9 nitrogen and oxygen atoms in total. The number of nitrogens with one attached hydrogen (secondary N) is 1. The number of carbonyl (C=O) groups excluding carboxylic acids is 1. The third-order valence-corrected chi connectivity index (χ3v) is 4.84. The molecule has 0 bridgehead atoms. The van der Waals surface area contributed by atoms with Crippen LogP contribution < -0.4 is 10.9 Å². The fourth-order valence-electron chi connectivity index (χ4n) is 3.25. The number of nitrogens with zero attached hydrogens (tertiary/aromatic N) is 3. The monoisotopic (exact) mass is 384 g/mol. The predicted molar refractivity (Wildman–Crippen MR) is 101 cm³/mol. The summed E-state index contributed by atoms with van der Waals surface area (Å²) >= 11 is 0. The predicted octanol–water partition coefficient (Wildman–Crippen LogP) is 0.818. The molecule has 1 amide bonds. The van der Waals surface area contributed by atoms with Gasteiger partial charge in [-0.1, -0.05) is 6.07 Å². The number of rotatable bonds is 5. The number of fused-ring (bicyclic) bond motifs is 2.